The van der Waals surface area contributed by atoms with E-state index in [9.17, 15) is 0 Å². The highest BCUT2D eigenvalue weighted by atomic mass is 35.5. The molecule has 0 saturated heterocycles. The van der Waals surface area contributed by atoms with Crippen LogP contribution >= 0.6 is 23.4 Å². The Kier molecular flexibility index (Phi) is 4.58. The van der Waals surface area contributed by atoms with Crippen LogP contribution in [0.5, 0.6) is 0 Å². The Bertz CT molecular complexity index is 570. The van der Waals surface area contributed by atoms with E-state index >= 15 is 0 Å². The zero-order valence-electron chi connectivity index (χ0n) is 11.8. The summed E-state index contributed by atoms with van der Waals surface area (Å²) in [6.45, 7) is 6.30. The van der Waals surface area contributed by atoms with Gasteiger partial charge in [-0.1, -0.05) is 40.9 Å². The lowest BCUT2D eigenvalue weighted by Crippen LogP contribution is -1.89. The maximum Gasteiger partial charge on any atom is 0.131 e. The van der Waals surface area contributed by atoms with E-state index in [1.807, 2.05) is 25.7 Å². The van der Waals surface area contributed by atoms with Crippen LogP contribution in [0.3, 0.4) is 0 Å². The number of aryl methyl sites for hydroxylation is 4. The van der Waals surface area contributed by atoms with Crippen molar-refractivity contribution in [1.29, 1.82) is 0 Å². The molecular formula is C15H19ClN2S. The van der Waals surface area contributed by atoms with Crippen LogP contribution in [0.1, 0.15) is 27.9 Å². The standard InChI is InChI=1S/C15H19ClN2S/c1-10-5-11(2)7-13(6-10)8-19-9-14-12(3)17-18(4)15(14)16/h5-7H,8-9H2,1-4H3. The second-order valence-electron chi connectivity index (χ2n) is 4.97. The molecule has 0 amide bonds. The number of halogens is 1. The predicted molar refractivity (Wildman–Crippen MR) is 83.9 cm³/mol. The summed E-state index contributed by atoms with van der Waals surface area (Å²) in [6.07, 6.45) is 0. The zero-order chi connectivity index (χ0) is 14.0. The summed E-state index contributed by atoms with van der Waals surface area (Å²) >= 11 is 8.11. The van der Waals surface area contributed by atoms with Crippen LogP contribution in [0.15, 0.2) is 18.2 Å². The van der Waals surface area contributed by atoms with Crippen LogP contribution < -0.4 is 0 Å². The van der Waals surface area contributed by atoms with Gasteiger partial charge in [-0.3, -0.25) is 4.68 Å². The first-order valence-corrected chi connectivity index (χ1v) is 7.83. The number of aromatic nitrogens is 2. The molecule has 2 nitrogen and oxygen atoms in total. The monoisotopic (exact) mass is 294 g/mol. The van der Waals surface area contributed by atoms with Crippen LogP contribution in [-0.2, 0) is 18.6 Å². The zero-order valence-corrected chi connectivity index (χ0v) is 13.4. The fourth-order valence-corrected chi connectivity index (χ4v) is 3.64. The lowest BCUT2D eigenvalue weighted by molar-refractivity contribution is 0.757. The van der Waals surface area contributed by atoms with E-state index in [1.54, 1.807) is 4.68 Å². The van der Waals surface area contributed by atoms with Crippen molar-refractivity contribution in [2.24, 2.45) is 7.05 Å². The SMILES string of the molecule is Cc1cc(C)cc(CSCc2c(C)nn(C)c2Cl)c1. The average Bonchev–Trinajstić information content (AvgIpc) is 2.54. The summed E-state index contributed by atoms with van der Waals surface area (Å²) in [5, 5.41) is 5.09. The van der Waals surface area contributed by atoms with Gasteiger partial charge in [-0.2, -0.15) is 16.9 Å². The Balaban J connectivity index is 2.00. The molecule has 0 fully saturated rings. The van der Waals surface area contributed by atoms with E-state index in [-0.39, 0.29) is 0 Å². The van der Waals surface area contributed by atoms with Crippen LogP contribution in [-0.4, -0.2) is 9.78 Å². The van der Waals surface area contributed by atoms with Gasteiger partial charge in [-0.25, -0.2) is 0 Å². The highest BCUT2D eigenvalue weighted by Gasteiger charge is 2.10. The molecule has 0 spiro atoms. The molecule has 2 aromatic rings. The third-order valence-corrected chi connectivity index (χ3v) is 4.57. The second-order valence-corrected chi connectivity index (χ2v) is 6.31. The van der Waals surface area contributed by atoms with E-state index in [4.69, 9.17) is 11.6 Å². The minimum atomic E-state index is 0.755. The van der Waals surface area contributed by atoms with Crippen molar-refractivity contribution in [3.63, 3.8) is 0 Å². The van der Waals surface area contributed by atoms with Gasteiger partial charge in [0.1, 0.15) is 5.15 Å². The molecule has 19 heavy (non-hydrogen) atoms. The van der Waals surface area contributed by atoms with E-state index < -0.39 is 0 Å². The van der Waals surface area contributed by atoms with Gasteiger partial charge in [0.05, 0.1) is 5.69 Å². The third-order valence-electron chi connectivity index (χ3n) is 3.07. The van der Waals surface area contributed by atoms with Gasteiger partial charge >= 0.3 is 0 Å². The van der Waals surface area contributed by atoms with E-state index in [0.29, 0.717) is 0 Å². The highest BCUT2D eigenvalue weighted by molar-refractivity contribution is 7.97. The first-order valence-electron chi connectivity index (χ1n) is 6.30. The number of thioether (sulfide) groups is 1. The minimum Gasteiger partial charge on any atom is -0.257 e. The molecule has 0 saturated carbocycles. The van der Waals surface area contributed by atoms with E-state index in [1.165, 1.54) is 16.7 Å². The maximum atomic E-state index is 6.23. The lowest BCUT2D eigenvalue weighted by atomic mass is 10.1. The average molecular weight is 295 g/mol. The maximum absolute atomic E-state index is 6.23. The number of hydrogen-bond donors (Lipinski definition) is 0. The molecule has 0 bridgehead atoms. The molecule has 1 aromatic heterocycles. The number of rotatable bonds is 4. The number of nitrogens with zero attached hydrogens (tertiary/aromatic N) is 2. The van der Waals surface area contributed by atoms with E-state index in [0.717, 1.165) is 27.9 Å². The predicted octanol–water partition coefficient (Wildman–Crippen LogP) is 4.43. The van der Waals surface area contributed by atoms with Crippen molar-refractivity contribution in [1.82, 2.24) is 9.78 Å². The van der Waals surface area contributed by atoms with Crippen LogP contribution in [0.25, 0.3) is 0 Å². The molecule has 0 unspecified atom stereocenters. The van der Waals surface area contributed by atoms with Crippen molar-refractivity contribution in [2.75, 3.05) is 0 Å². The fourth-order valence-electron chi connectivity index (χ4n) is 2.26. The van der Waals surface area contributed by atoms with Crippen LogP contribution in [0.2, 0.25) is 5.15 Å². The molecule has 1 heterocycles. The van der Waals surface area contributed by atoms with Gasteiger partial charge in [0.25, 0.3) is 0 Å². The second kappa shape index (κ2) is 6.02. The normalized spacial score (nSPS) is 11.0. The Labute approximate surface area is 124 Å². The molecule has 0 atom stereocenters. The first-order chi connectivity index (χ1) is 8.97. The summed E-state index contributed by atoms with van der Waals surface area (Å²) < 4.78 is 1.74. The Morgan fingerprint density at radius 3 is 2.26 bits per heavy atom. The van der Waals surface area contributed by atoms with Crippen molar-refractivity contribution >= 4 is 23.4 Å². The smallest absolute Gasteiger partial charge is 0.131 e. The van der Waals surface area contributed by atoms with Gasteiger partial charge in [0, 0.05) is 24.1 Å². The Morgan fingerprint density at radius 2 is 1.74 bits per heavy atom. The molecule has 0 radical (unpaired) electrons. The summed E-state index contributed by atoms with van der Waals surface area (Å²) in [4.78, 5) is 0. The summed E-state index contributed by atoms with van der Waals surface area (Å²) in [7, 11) is 1.88. The molecule has 0 aliphatic rings. The summed E-state index contributed by atoms with van der Waals surface area (Å²) in [6, 6.07) is 6.70. The Hall–Kier alpha value is -0.930. The lowest BCUT2D eigenvalue weighted by Gasteiger charge is -2.05. The molecule has 0 N–H and O–H groups in total. The summed E-state index contributed by atoms with van der Waals surface area (Å²) in [5.41, 5.74) is 6.21. The van der Waals surface area contributed by atoms with Crippen molar-refractivity contribution in [3.05, 3.63) is 51.3 Å². The molecule has 4 heteroatoms. The fraction of sp³-hybridized carbons (Fsp3) is 0.400. The largest absolute Gasteiger partial charge is 0.257 e. The van der Waals surface area contributed by atoms with Crippen molar-refractivity contribution in [3.8, 4) is 0 Å². The molecule has 1 aromatic carbocycles. The number of benzene rings is 1. The van der Waals surface area contributed by atoms with Crippen molar-refractivity contribution in [2.45, 2.75) is 32.3 Å². The molecule has 2 rings (SSSR count). The van der Waals surface area contributed by atoms with Gasteiger partial charge in [0.15, 0.2) is 0 Å². The summed E-state index contributed by atoms with van der Waals surface area (Å²) in [5.74, 6) is 1.92. The van der Waals surface area contributed by atoms with Crippen LogP contribution in [0, 0.1) is 20.8 Å². The first kappa shape index (κ1) is 14.5. The molecule has 102 valence electrons. The molecule has 0 aliphatic heterocycles. The van der Waals surface area contributed by atoms with Crippen molar-refractivity contribution < 1.29 is 0 Å². The number of hydrogen-bond acceptors (Lipinski definition) is 2. The topological polar surface area (TPSA) is 17.8 Å². The highest BCUT2D eigenvalue weighted by Crippen LogP contribution is 2.26. The van der Waals surface area contributed by atoms with Gasteiger partial charge in [-0.05, 0) is 26.3 Å². The molecule has 0 aliphatic carbocycles. The van der Waals surface area contributed by atoms with Gasteiger partial charge < -0.3 is 0 Å². The molecular weight excluding hydrogens is 276 g/mol. The minimum absolute atomic E-state index is 0.755. The Morgan fingerprint density at radius 1 is 1.11 bits per heavy atom. The van der Waals surface area contributed by atoms with Gasteiger partial charge in [-0.15, -0.1) is 0 Å². The van der Waals surface area contributed by atoms with Gasteiger partial charge in [0.2, 0.25) is 0 Å². The van der Waals surface area contributed by atoms with Crippen LogP contribution in [0.4, 0.5) is 0 Å². The third kappa shape index (κ3) is 3.54. The quantitative estimate of drug-likeness (QED) is 0.830. The van der Waals surface area contributed by atoms with E-state index in [2.05, 4.69) is 37.1 Å².